The first-order valence-corrected chi connectivity index (χ1v) is 9.16. The second-order valence-corrected chi connectivity index (χ2v) is 7.34. The summed E-state index contributed by atoms with van der Waals surface area (Å²) in [4.78, 5) is 15.0. The van der Waals surface area contributed by atoms with Crippen LogP contribution in [0.2, 0.25) is 0 Å². The molecule has 0 aromatic heterocycles. The average molecular weight is 337 g/mol. The number of rotatable bonds is 5. The summed E-state index contributed by atoms with van der Waals surface area (Å²) in [5.41, 5.74) is 3.17. The normalized spacial score (nSPS) is 15.5. The average Bonchev–Trinajstić information content (AvgIpc) is 2.64. The fraction of sp³-hybridized carbons (Fsp3) is 0.409. The number of carbonyl (C=O) groups is 1. The van der Waals surface area contributed by atoms with Gasteiger partial charge in [-0.2, -0.15) is 0 Å². The van der Waals surface area contributed by atoms with Crippen LogP contribution in [0.4, 0.5) is 0 Å². The maximum atomic E-state index is 12.9. The molecular formula is C22H27NO2. The molecular weight excluding hydrogens is 310 g/mol. The molecule has 132 valence electrons. The van der Waals surface area contributed by atoms with E-state index in [9.17, 15) is 9.90 Å². The second kappa shape index (κ2) is 7.83. The maximum Gasteiger partial charge on any atom is 0.193 e. The van der Waals surface area contributed by atoms with Gasteiger partial charge in [-0.1, -0.05) is 49.6 Å². The number of carbonyl (C=O) groups excluding carboxylic acids is 1. The SMILES string of the molecule is CN(C)Cc1cc(C(=O)c2ccccc2)cc(C2CCCCC2)c1O. The summed E-state index contributed by atoms with van der Waals surface area (Å²) in [5, 5.41) is 10.8. The van der Waals surface area contributed by atoms with Crippen molar-refractivity contribution >= 4 is 5.78 Å². The van der Waals surface area contributed by atoms with E-state index in [1.807, 2.05) is 61.5 Å². The van der Waals surface area contributed by atoms with Gasteiger partial charge in [0.25, 0.3) is 0 Å². The zero-order valence-electron chi connectivity index (χ0n) is 15.2. The fourth-order valence-electron chi connectivity index (χ4n) is 3.79. The molecule has 3 heteroatoms. The molecule has 1 aliphatic rings. The zero-order chi connectivity index (χ0) is 17.8. The number of hydrogen-bond acceptors (Lipinski definition) is 3. The molecule has 2 aromatic carbocycles. The summed E-state index contributed by atoms with van der Waals surface area (Å²) >= 11 is 0. The van der Waals surface area contributed by atoms with Gasteiger partial charge in [0, 0.05) is 23.2 Å². The van der Waals surface area contributed by atoms with Gasteiger partial charge in [-0.25, -0.2) is 0 Å². The predicted molar refractivity (Wildman–Crippen MR) is 101 cm³/mol. The van der Waals surface area contributed by atoms with E-state index >= 15 is 0 Å². The largest absolute Gasteiger partial charge is 0.507 e. The summed E-state index contributed by atoms with van der Waals surface area (Å²) in [6, 6.07) is 13.2. The third-order valence-corrected chi connectivity index (χ3v) is 5.05. The highest BCUT2D eigenvalue weighted by molar-refractivity contribution is 6.09. The molecule has 1 aliphatic carbocycles. The van der Waals surface area contributed by atoms with Gasteiger partial charge in [-0.15, -0.1) is 0 Å². The van der Waals surface area contributed by atoms with Gasteiger partial charge in [-0.3, -0.25) is 4.79 Å². The van der Waals surface area contributed by atoms with Crippen molar-refractivity contribution in [2.24, 2.45) is 0 Å². The molecule has 25 heavy (non-hydrogen) atoms. The molecule has 0 amide bonds. The van der Waals surface area contributed by atoms with Crippen LogP contribution in [-0.2, 0) is 6.54 Å². The first kappa shape index (κ1) is 17.7. The Kier molecular flexibility index (Phi) is 5.54. The highest BCUT2D eigenvalue weighted by atomic mass is 16.3. The maximum absolute atomic E-state index is 12.9. The Morgan fingerprint density at radius 1 is 1.04 bits per heavy atom. The fourth-order valence-corrected chi connectivity index (χ4v) is 3.79. The molecule has 3 rings (SSSR count). The van der Waals surface area contributed by atoms with Crippen molar-refractivity contribution in [1.82, 2.24) is 4.90 Å². The summed E-state index contributed by atoms with van der Waals surface area (Å²) in [7, 11) is 3.96. The number of benzene rings is 2. The number of phenols is 1. The second-order valence-electron chi connectivity index (χ2n) is 7.34. The molecule has 1 saturated carbocycles. The van der Waals surface area contributed by atoms with E-state index in [-0.39, 0.29) is 5.78 Å². The predicted octanol–water partition coefficient (Wildman–Crippen LogP) is 4.73. The number of nitrogens with zero attached hydrogens (tertiary/aromatic N) is 1. The van der Waals surface area contributed by atoms with Gasteiger partial charge >= 0.3 is 0 Å². The summed E-state index contributed by atoms with van der Waals surface area (Å²) < 4.78 is 0. The minimum atomic E-state index is 0.0256. The molecule has 0 radical (unpaired) electrons. The molecule has 0 spiro atoms. The van der Waals surface area contributed by atoms with E-state index < -0.39 is 0 Å². The minimum Gasteiger partial charge on any atom is -0.507 e. The third kappa shape index (κ3) is 4.10. The Hall–Kier alpha value is -2.13. The van der Waals surface area contributed by atoms with Gasteiger partial charge in [0.05, 0.1) is 0 Å². The van der Waals surface area contributed by atoms with E-state index in [0.717, 1.165) is 24.0 Å². The van der Waals surface area contributed by atoms with E-state index in [1.165, 1.54) is 19.3 Å². The van der Waals surface area contributed by atoms with Crippen molar-refractivity contribution < 1.29 is 9.90 Å². The van der Waals surface area contributed by atoms with Crippen LogP contribution < -0.4 is 0 Å². The van der Waals surface area contributed by atoms with E-state index in [4.69, 9.17) is 0 Å². The first-order chi connectivity index (χ1) is 12.1. The lowest BCUT2D eigenvalue weighted by molar-refractivity contribution is 0.103. The van der Waals surface area contributed by atoms with Crippen LogP contribution in [0.5, 0.6) is 5.75 Å². The van der Waals surface area contributed by atoms with Gasteiger partial charge in [0.2, 0.25) is 0 Å². The van der Waals surface area contributed by atoms with Crippen molar-refractivity contribution in [3.05, 3.63) is 64.7 Å². The molecule has 3 nitrogen and oxygen atoms in total. The van der Waals surface area contributed by atoms with Crippen LogP contribution in [0.1, 0.15) is 65.1 Å². The van der Waals surface area contributed by atoms with Crippen LogP contribution in [0.3, 0.4) is 0 Å². The van der Waals surface area contributed by atoms with Crippen molar-refractivity contribution in [1.29, 1.82) is 0 Å². The lowest BCUT2D eigenvalue weighted by Gasteiger charge is -2.25. The molecule has 0 bridgehead atoms. The van der Waals surface area contributed by atoms with E-state index in [2.05, 4.69) is 0 Å². The van der Waals surface area contributed by atoms with Crippen LogP contribution in [0.25, 0.3) is 0 Å². The van der Waals surface area contributed by atoms with Crippen molar-refractivity contribution in [3.63, 3.8) is 0 Å². The summed E-state index contributed by atoms with van der Waals surface area (Å²) in [5.74, 6) is 0.765. The van der Waals surface area contributed by atoms with Gasteiger partial charge in [0.15, 0.2) is 5.78 Å². The zero-order valence-corrected chi connectivity index (χ0v) is 15.2. The molecule has 0 unspecified atom stereocenters. The molecule has 0 atom stereocenters. The van der Waals surface area contributed by atoms with E-state index in [0.29, 0.717) is 29.3 Å². The quantitative estimate of drug-likeness (QED) is 0.802. The van der Waals surface area contributed by atoms with Gasteiger partial charge < -0.3 is 10.0 Å². The van der Waals surface area contributed by atoms with Crippen molar-refractivity contribution in [2.45, 2.75) is 44.6 Å². The third-order valence-electron chi connectivity index (χ3n) is 5.05. The number of aromatic hydroxyl groups is 1. The monoisotopic (exact) mass is 337 g/mol. The molecule has 0 aliphatic heterocycles. The molecule has 1 N–H and O–H groups in total. The highest BCUT2D eigenvalue weighted by Crippen LogP contribution is 2.39. The Balaban J connectivity index is 2.03. The lowest BCUT2D eigenvalue weighted by atomic mass is 9.81. The molecule has 0 saturated heterocycles. The summed E-state index contributed by atoms with van der Waals surface area (Å²) in [6.07, 6.45) is 5.86. The van der Waals surface area contributed by atoms with Gasteiger partial charge in [0.1, 0.15) is 5.75 Å². The lowest BCUT2D eigenvalue weighted by Crippen LogP contribution is -2.14. The Morgan fingerprint density at radius 3 is 2.36 bits per heavy atom. The molecule has 1 fully saturated rings. The smallest absolute Gasteiger partial charge is 0.193 e. The number of hydrogen-bond donors (Lipinski definition) is 1. The first-order valence-electron chi connectivity index (χ1n) is 9.16. The van der Waals surface area contributed by atoms with Crippen molar-refractivity contribution in [3.8, 4) is 5.75 Å². The van der Waals surface area contributed by atoms with Crippen LogP contribution in [-0.4, -0.2) is 29.9 Å². The Bertz CT molecular complexity index is 731. The molecule has 2 aromatic rings. The Morgan fingerprint density at radius 2 is 1.72 bits per heavy atom. The number of phenolic OH excluding ortho intramolecular Hbond substituents is 1. The standard InChI is InChI=1S/C22H27NO2/c1-23(2)15-19-13-18(21(24)17-11-7-4-8-12-17)14-20(22(19)25)16-9-5-3-6-10-16/h4,7-8,11-14,16,25H,3,5-6,9-10,15H2,1-2H3. The van der Waals surface area contributed by atoms with Crippen LogP contribution in [0, 0.1) is 0 Å². The minimum absolute atomic E-state index is 0.0256. The number of ketones is 1. The van der Waals surface area contributed by atoms with Crippen LogP contribution >= 0.6 is 0 Å². The summed E-state index contributed by atoms with van der Waals surface area (Å²) in [6.45, 7) is 0.626. The molecule has 0 heterocycles. The van der Waals surface area contributed by atoms with E-state index in [1.54, 1.807) is 0 Å². The van der Waals surface area contributed by atoms with Crippen molar-refractivity contribution in [2.75, 3.05) is 14.1 Å². The van der Waals surface area contributed by atoms with Gasteiger partial charge in [-0.05, 0) is 50.6 Å². The highest BCUT2D eigenvalue weighted by Gasteiger charge is 2.23. The Labute approximate surface area is 150 Å². The van der Waals surface area contributed by atoms with Crippen LogP contribution in [0.15, 0.2) is 42.5 Å². The topological polar surface area (TPSA) is 40.5 Å².